The number of hydrogen-bond acceptors (Lipinski definition) is 5. The van der Waals surface area contributed by atoms with Gasteiger partial charge in [-0.25, -0.2) is 13.4 Å². The summed E-state index contributed by atoms with van der Waals surface area (Å²) >= 11 is 11.7. The Labute approximate surface area is 191 Å². The molecule has 0 fully saturated rings. The fourth-order valence-electron chi connectivity index (χ4n) is 2.66. The molecule has 0 aliphatic rings. The van der Waals surface area contributed by atoms with E-state index in [1.54, 1.807) is 36.5 Å². The molecule has 31 heavy (non-hydrogen) atoms. The minimum atomic E-state index is -3.82. The zero-order chi connectivity index (χ0) is 22.6. The fourth-order valence-corrected chi connectivity index (χ4v) is 4.11. The van der Waals surface area contributed by atoms with Crippen LogP contribution in [0.1, 0.15) is 5.56 Å². The highest BCUT2D eigenvalue weighted by Crippen LogP contribution is 2.26. The first-order chi connectivity index (χ1) is 14.6. The normalized spacial score (nSPS) is 11.1. The maximum Gasteiger partial charge on any atom is 0.261 e. The topological polar surface area (TPSA) is 91.4 Å². The number of carbonyl (C=O) groups excluding carboxylic acids is 1. The van der Waals surface area contributed by atoms with E-state index in [2.05, 4.69) is 15.0 Å². The lowest BCUT2D eigenvalue weighted by atomic mass is 10.1. The van der Waals surface area contributed by atoms with Gasteiger partial charge in [-0.15, -0.1) is 0 Å². The van der Waals surface area contributed by atoms with Gasteiger partial charge in [-0.1, -0.05) is 35.3 Å². The summed E-state index contributed by atoms with van der Waals surface area (Å²) in [4.78, 5) is 18.4. The molecular weight excluding hydrogens is 459 g/mol. The average molecular weight is 479 g/mol. The van der Waals surface area contributed by atoms with Crippen molar-refractivity contribution in [2.45, 2.75) is 11.3 Å². The van der Waals surface area contributed by atoms with Crippen molar-refractivity contribution in [2.24, 2.45) is 0 Å². The summed E-state index contributed by atoms with van der Waals surface area (Å²) in [5.41, 5.74) is 1.69. The lowest BCUT2D eigenvalue weighted by Crippen LogP contribution is -2.16. The van der Waals surface area contributed by atoms with Gasteiger partial charge >= 0.3 is 0 Å². The summed E-state index contributed by atoms with van der Waals surface area (Å²) in [6.45, 7) is 0. The van der Waals surface area contributed by atoms with Crippen molar-refractivity contribution >= 4 is 56.3 Å². The Morgan fingerprint density at radius 1 is 0.968 bits per heavy atom. The molecule has 0 unspecified atom stereocenters. The van der Waals surface area contributed by atoms with E-state index < -0.39 is 10.0 Å². The summed E-state index contributed by atoms with van der Waals surface area (Å²) in [6.07, 6.45) is 1.73. The van der Waals surface area contributed by atoms with Crippen LogP contribution in [0, 0.1) is 0 Å². The molecule has 2 N–H and O–H groups in total. The molecule has 162 valence electrons. The number of nitrogens with one attached hydrogen (secondary N) is 2. The van der Waals surface area contributed by atoms with Crippen LogP contribution in [0.15, 0.2) is 65.7 Å². The van der Waals surface area contributed by atoms with E-state index >= 15 is 0 Å². The number of rotatable bonds is 7. The summed E-state index contributed by atoms with van der Waals surface area (Å²) < 4.78 is 27.5. The van der Waals surface area contributed by atoms with E-state index in [1.807, 2.05) is 25.1 Å². The van der Waals surface area contributed by atoms with Gasteiger partial charge in [0.1, 0.15) is 5.82 Å². The second-order valence-electron chi connectivity index (χ2n) is 6.90. The predicted octanol–water partition coefficient (Wildman–Crippen LogP) is 4.44. The van der Waals surface area contributed by atoms with Crippen LogP contribution < -0.4 is 14.9 Å². The first-order valence-electron chi connectivity index (χ1n) is 9.14. The van der Waals surface area contributed by atoms with Crippen molar-refractivity contribution in [2.75, 3.05) is 29.0 Å². The summed E-state index contributed by atoms with van der Waals surface area (Å²) in [5, 5.41) is 3.21. The van der Waals surface area contributed by atoms with E-state index in [9.17, 15) is 13.2 Å². The van der Waals surface area contributed by atoms with E-state index in [0.717, 1.165) is 11.4 Å². The number of benzene rings is 2. The van der Waals surface area contributed by atoms with E-state index in [-0.39, 0.29) is 27.3 Å². The summed E-state index contributed by atoms with van der Waals surface area (Å²) in [5.74, 6) is 0.584. The van der Waals surface area contributed by atoms with Gasteiger partial charge in [-0.05, 0) is 48.0 Å². The van der Waals surface area contributed by atoms with Crippen molar-refractivity contribution < 1.29 is 13.2 Å². The highest BCUT2D eigenvalue weighted by Gasteiger charge is 2.16. The van der Waals surface area contributed by atoms with Gasteiger partial charge in [0, 0.05) is 19.8 Å². The van der Waals surface area contributed by atoms with Crippen LogP contribution in [0.3, 0.4) is 0 Å². The number of aromatic nitrogens is 1. The van der Waals surface area contributed by atoms with Gasteiger partial charge in [-0.2, -0.15) is 0 Å². The van der Waals surface area contributed by atoms with Gasteiger partial charge in [-0.3, -0.25) is 9.52 Å². The molecule has 0 aliphatic heterocycles. The Morgan fingerprint density at radius 2 is 1.65 bits per heavy atom. The first-order valence-corrected chi connectivity index (χ1v) is 11.4. The van der Waals surface area contributed by atoms with Gasteiger partial charge in [0.2, 0.25) is 5.91 Å². The molecule has 3 rings (SSSR count). The van der Waals surface area contributed by atoms with Gasteiger partial charge in [0.25, 0.3) is 10.0 Å². The number of amides is 1. The maximum absolute atomic E-state index is 12.5. The SMILES string of the molecule is CN(C)c1ccc(NC(=O)Cc2ccc(NS(=O)(=O)c3ccc(Cl)c(Cl)c3)cc2)cn1. The number of halogens is 2. The number of carbonyl (C=O) groups is 1. The quantitative estimate of drug-likeness (QED) is 0.523. The highest BCUT2D eigenvalue weighted by molar-refractivity contribution is 7.92. The minimum absolute atomic E-state index is 0.000695. The molecule has 2 aromatic carbocycles. The first kappa shape index (κ1) is 22.9. The Bertz CT molecular complexity index is 1180. The zero-order valence-corrected chi connectivity index (χ0v) is 19.1. The van der Waals surface area contributed by atoms with Crippen LogP contribution in [0.5, 0.6) is 0 Å². The molecule has 3 aromatic rings. The molecule has 0 spiro atoms. The average Bonchev–Trinajstić information content (AvgIpc) is 2.71. The molecule has 0 aliphatic carbocycles. The van der Waals surface area contributed by atoms with Crippen molar-refractivity contribution in [3.05, 3.63) is 76.4 Å². The molecule has 0 radical (unpaired) electrons. The van der Waals surface area contributed by atoms with Crippen LogP contribution in [0.25, 0.3) is 0 Å². The fraction of sp³-hybridized carbons (Fsp3) is 0.143. The molecule has 0 bridgehead atoms. The number of nitrogens with zero attached hydrogens (tertiary/aromatic N) is 2. The van der Waals surface area contributed by atoms with E-state index in [0.29, 0.717) is 11.4 Å². The highest BCUT2D eigenvalue weighted by atomic mass is 35.5. The van der Waals surface area contributed by atoms with Crippen LogP contribution in [-0.2, 0) is 21.2 Å². The molecule has 1 aromatic heterocycles. The van der Waals surface area contributed by atoms with Crippen LogP contribution in [-0.4, -0.2) is 33.4 Å². The Kier molecular flexibility index (Phi) is 7.04. The molecule has 10 heteroatoms. The van der Waals surface area contributed by atoms with Crippen molar-refractivity contribution in [3.63, 3.8) is 0 Å². The molecule has 7 nitrogen and oxygen atoms in total. The number of pyridine rings is 1. The molecule has 0 saturated carbocycles. The van der Waals surface area contributed by atoms with Gasteiger partial charge in [0.05, 0.1) is 33.2 Å². The molecular formula is C21H20Cl2N4O3S. The molecule has 1 amide bonds. The van der Waals surface area contributed by atoms with Gasteiger partial charge in [0.15, 0.2) is 0 Å². The minimum Gasteiger partial charge on any atom is -0.363 e. The molecule has 0 saturated heterocycles. The lowest BCUT2D eigenvalue weighted by molar-refractivity contribution is -0.115. The lowest BCUT2D eigenvalue weighted by Gasteiger charge is -2.12. The number of anilines is 3. The smallest absolute Gasteiger partial charge is 0.261 e. The molecule has 0 atom stereocenters. The second-order valence-corrected chi connectivity index (χ2v) is 9.40. The van der Waals surface area contributed by atoms with Crippen LogP contribution in [0.4, 0.5) is 17.2 Å². The van der Waals surface area contributed by atoms with Crippen molar-refractivity contribution in [1.29, 1.82) is 0 Å². The number of hydrogen-bond donors (Lipinski definition) is 2. The Morgan fingerprint density at radius 3 is 2.23 bits per heavy atom. The Hall–Kier alpha value is -2.81. The van der Waals surface area contributed by atoms with Crippen molar-refractivity contribution in [3.8, 4) is 0 Å². The van der Waals surface area contributed by atoms with E-state index in [1.165, 1.54) is 18.2 Å². The molecule has 1 heterocycles. The zero-order valence-electron chi connectivity index (χ0n) is 16.8. The standard InChI is InChI=1S/C21H20Cl2N4O3S/c1-27(2)20-10-7-16(13-24-20)25-21(28)11-14-3-5-15(6-4-14)26-31(29,30)17-8-9-18(22)19(23)12-17/h3-10,12-13,26H,11H2,1-2H3,(H,25,28). The Balaban J connectivity index is 1.61. The predicted molar refractivity (Wildman–Crippen MR) is 125 cm³/mol. The third-order valence-corrected chi connectivity index (χ3v) is 6.38. The second kappa shape index (κ2) is 9.55. The summed E-state index contributed by atoms with van der Waals surface area (Å²) in [7, 11) is -0.0539. The number of sulfonamides is 1. The van der Waals surface area contributed by atoms with Gasteiger partial charge < -0.3 is 10.2 Å². The van der Waals surface area contributed by atoms with Crippen LogP contribution >= 0.6 is 23.2 Å². The van der Waals surface area contributed by atoms with Crippen LogP contribution in [0.2, 0.25) is 10.0 Å². The summed E-state index contributed by atoms with van der Waals surface area (Å²) in [6, 6.07) is 14.2. The third kappa shape index (κ3) is 6.10. The largest absolute Gasteiger partial charge is 0.363 e. The van der Waals surface area contributed by atoms with E-state index in [4.69, 9.17) is 23.2 Å². The van der Waals surface area contributed by atoms with Crippen molar-refractivity contribution in [1.82, 2.24) is 4.98 Å². The maximum atomic E-state index is 12.5. The third-order valence-electron chi connectivity index (χ3n) is 4.26. The monoisotopic (exact) mass is 478 g/mol.